The molecular formula is C12H15BrClN3O4S. The van der Waals surface area contributed by atoms with Crippen LogP contribution in [0.25, 0.3) is 0 Å². The fourth-order valence-electron chi connectivity index (χ4n) is 2.99. The molecule has 1 aromatic carbocycles. The van der Waals surface area contributed by atoms with E-state index < -0.39 is 14.9 Å². The zero-order valence-corrected chi connectivity index (χ0v) is 14.7. The number of sulfonamides is 1. The van der Waals surface area contributed by atoms with Crippen molar-refractivity contribution in [3.63, 3.8) is 0 Å². The van der Waals surface area contributed by atoms with Gasteiger partial charge >= 0.3 is 0 Å². The summed E-state index contributed by atoms with van der Waals surface area (Å²) in [5, 5.41) is 14.3. The molecule has 2 heterocycles. The van der Waals surface area contributed by atoms with Crippen LogP contribution in [0.3, 0.4) is 0 Å². The van der Waals surface area contributed by atoms with Crippen molar-refractivity contribution in [3.05, 3.63) is 32.8 Å². The number of rotatable bonds is 3. The molecule has 22 heavy (non-hydrogen) atoms. The molecule has 0 aromatic heterocycles. The summed E-state index contributed by atoms with van der Waals surface area (Å²) in [6.07, 6.45) is 0. The third kappa shape index (κ3) is 3.00. The Labute approximate surface area is 142 Å². The van der Waals surface area contributed by atoms with Gasteiger partial charge in [-0.05, 0) is 37.1 Å². The lowest BCUT2D eigenvalue weighted by Crippen LogP contribution is -2.32. The molecule has 1 aromatic rings. The molecule has 3 rings (SSSR count). The molecular weight excluding hydrogens is 398 g/mol. The minimum absolute atomic E-state index is 0. The Bertz CT molecular complexity index is 688. The zero-order chi connectivity index (χ0) is 15.2. The predicted molar refractivity (Wildman–Crippen MR) is 86.7 cm³/mol. The molecule has 0 saturated carbocycles. The molecule has 0 amide bonds. The van der Waals surface area contributed by atoms with Crippen LogP contribution < -0.4 is 5.32 Å². The van der Waals surface area contributed by atoms with E-state index in [1.807, 2.05) is 0 Å². The van der Waals surface area contributed by atoms with Gasteiger partial charge in [0.05, 0.1) is 4.92 Å². The fraction of sp³-hybridized carbons (Fsp3) is 0.500. The van der Waals surface area contributed by atoms with E-state index in [2.05, 4.69) is 21.2 Å². The van der Waals surface area contributed by atoms with Crippen LogP contribution >= 0.6 is 28.3 Å². The number of halogens is 2. The molecule has 0 bridgehead atoms. The summed E-state index contributed by atoms with van der Waals surface area (Å²) in [5.74, 6) is 0.594. The summed E-state index contributed by atoms with van der Waals surface area (Å²) in [6, 6.07) is 4.00. The minimum Gasteiger partial charge on any atom is -0.316 e. The Morgan fingerprint density at radius 1 is 1.27 bits per heavy atom. The second-order valence-electron chi connectivity index (χ2n) is 5.37. The highest BCUT2D eigenvalue weighted by molar-refractivity contribution is 9.10. The van der Waals surface area contributed by atoms with Crippen LogP contribution in [-0.4, -0.2) is 43.8 Å². The van der Waals surface area contributed by atoms with Gasteiger partial charge in [-0.2, -0.15) is 4.31 Å². The van der Waals surface area contributed by atoms with Gasteiger partial charge in [0.2, 0.25) is 10.0 Å². The topological polar surface area (TPSA) is 92.5 Å². The Balaban J connectivity index is 0.00000176. The molecule has 122 valence electrons. The minimum atomic E-state index is -3.85. The number of hydrogen-bond donors (Lipinski definition) is 1. The molecule has 2 atom stereocenters. The summed E-state index contributed by atoms with van der Waals surface area (Å²) in [7, 11) is -3.85. The van der Waals surface area contributed by atoms with Crippen molar-refractivity contribution in [1.82, 2.24) is 9.62 Å². The maximum atomic E-state index is 12.7. The van der Waals surface area contributed by atoms with E-state index in [1.54, 1.807) is 0 Å². The van der Waals surface area contributed by atoms with E-state index in [0.29, 0.717) is 29.4 Å². The van der Waals surface area contributed by atoms with E-state index in [-0.39, 0.29) is 23.0 Å². The van der Waals surface area contributed by atoms with Gasteiger partial charge in [0.1, 0.15) is 0 Å². The van der Waals surface area contributed by atoms with Crippen LogP contribution in [-0.2, 0) is 10.0 Å². The molecule has 0 aliphatic carbocycles. The van der Waals surface area contributed by atoms with Crippen LogP contribution in [0.4, 0.5) is 5.69 Å². The van der Waals surface area contributed by atoms with Crippen LogP contribution in [0.15, 0.2) is 27.6 Å². The van der Waals surface area contributed by atoms with Crippen molar-refractivity contribution < 1.29 is 13.3 Å². The van der Waals surface area contributed by atoms with E-state index in [9.17, 15) is 18.5 Å². The largest absolute Gasteiger partial charge is 0.316 e. The highest BCUT2D eigenvalue weighted by Gasteiger charge is 2.43. The van der Waals surface area contributed by atoms with Gasteiger partial charge in [-0.25, -0.2) is 8.42 Å². The van der Waals surface area contributed by atoms with E-state index in [1.165, 1.54) is 22.5 Å². The lowest BCUT2D eigenvalue weighted by atomic mass is 10.0. The molecule has 7 nitrogen and oxygen atoms in total. The van der Waals surface area contributed by atoms with Gasteiger partial charge in [0, 0.05) is 23.6 Å². The molecule has 2 saturated heterocycles. The Kier molecular flexibility index (Phi) is 5.13. The summed E-state index contributed by atoms with van der Waals surface area (Å²) < 4.78 is 27.3. The Hall–Kier alpha value is -0.740. The number of fused-ring (bicyclic) bond motifs is 1. The van der Waals surface area contributed by atoms with Crippen molar-refractivity contribution in [2.45, 2.75) is 4.90 Å². The van der Waals surface area contributed by atoms with Crippen molar-refractivity contribution in [1.29, 1.82) is 0 Å². The molecule has 2 fully saturated rings. The SMILES string of the molecule is Cl.O=[N+]([O-])c1ccc(Br)cc1S(=O)(=O)N1C[C@H]2CNC[C@H]2C1. The van der Waals surface area contributed by atoms with Gasteiger partial charge in [0.25, 0.3) is 5.69 Å². The lowest BCUT2D eigenvalue weighted by molar-refractivity contribution is -0.387. The van der Waals surface area contributed by atoms with E-state index >= 15 is 0 Å². The van der Waals surface area contributed by atoms with Crippen molar-refractivity contribution in [2.24, 2.45) is 11.8 Å². The van der Waals surface area contributed by atoms with Crippen LogP contribution in [0.5, 0.6) is 0 Å². The predicted octanol–water partition coefficient (Wildman–Crippen LogP) is 1.62. The maximum Gasteiger partial charge on any atom is 0.289 e. The maximum absolute atomic E-state index is 12.7. The average Bonchev–Trinajstić information content (AvgIpc) is 2.98. The van der Waals surface area contributed by atoms with Gasteiger partial charge in [-0.15, -0.1) is 12.4 Å². The quantitative estimate of drug-likeness (QED) is 0.601. The van der Waals surface area contributed by atoms with Crippen molar-refractivity contribution >= 4 is 44.0 Å². The highest BCUT2D eigenvalue weighted by atomic mass is 79.9. The third-order valence-electron chi connectivity index (χ3n) is 4.09. The first-order chi connectivity index (χ1) is 9.89. The average molecular weight is 413 g/mol. The zero-order valence-electron chi connectivity index (χ0n) is 11.4. The summed E-state index contributed by atoms with van der Waals surface area (Å²) >= 11 is 3.18. The van der Waals surface area contributed by atoms with Gasteiger partial charge in [-0.1, -0.05) is 15.9 Å². The number of nitrogens with zero attached hydrogens (tertiary/aromatic N) is 2. The van der Waals surface area contributed by atoms with Crippen molar-refractivity contribution in [3.8, 4) is 0 Å². The third-order valence-corrected chi connectivity index (χ3v) is 6.45. The first-order valence-electron chi connectivity index (χ1n) is 6.54. The van der Waals surface area contributed by atoms with Crippen LogP contribution in [0.2, 0.25) is 0 Å². The summed E-state index contributed by atoms with van der Waals surface area (Å²) in [4.78, 5) is 10.2. The molecule has 2 aliphatic rings. The van der Waals surface area contributed by atoms with E-state index in [0.717, 1.165) is 13.1 Å². The second-order valence-corrected chi connectivity index (χ2v) is 8.19. The number of nitro groups is 1. The number of hydrogen-bond acceptors (Lipinski definition) is 5. The Morgan fingerprint density at radius 2 is 1.86 bits per heavy atom. The number of nitrogens with one attached hydrogen (secondary N) is 1. The van der Waals surface area contributed by atoms with Gasteiger partial charge in [-0.3, -0.25) is 10.1 Å². The van der Waals surface area contributed by atoms with Gasteiger partial charge < -0.3 is 5.32 Å². The van der Waals surface area contributed by atoms with Crippen molar-refractivity contribution in [2.75, 3.05) is 26.2 Å². The second kappa shape index (κ2) is 6.40. The number of benzene rings is 1. The molecule has 10 heteroatoms. The molecule has 0 spiro atoms. The molecule has 0 radical (unpaired) electrons. The highest BCUT2D eigenvalue weighted by Crippen LogP contribution is 2.35. The van der Waals surface area contributed by atoms with Crippen LogP contribution in [0, 0.1) is 22.0 Å². The van der Waals surface area contributed by atoms with E-state index in [4.69, 9.17) is 0 Å². The molecule has 2 aliphatic heterocycles. The molecule has 1 N–H and O–H groups in total. The fourth-order valence-corrected chi connectivity index (χ4v) is 5.24. The smallest absolute Gasteiger partial charge is 0.289 e. The summed E-state index contributed by atoms with van der Waals surface area (Å²) in [5.41, 5.74) is -0.381. The first-order valence-corrected chi connectivity index (χ1v) is 8.77. The normalized spacial score (nSPS) is 24.8. The van der Waals surface area contributed by atoms with Gasteiger partial charge in [0.15, 0.2) is 4.90 Å². The summed E-state index contributed by atoms with van der Waals surface area (Å²) in [6.45, 7) is 2.45. The standard InChI is InChI=1S/C12H14BrN3O4S.ClH/c13-10-1-2-11(16(17)18)12(3-10)21(19,20)15-6-8-4-14-5-9(8)7-15;/h1-3,8-9,14H,4-7H2;1H/t8-,9+;. The monoisotopic (exact) mass is 411 g/mol. The Morgan fingerprint density at radius 3 is 2.41 bits per heavy atom. The lowest BCUT2D eigenvalue weighted by Gasteiger charge is -2.17. The van der Waals surface area contributed by atoms with Crippen LogP contribution in [0.1, 0.15) is 0 Å². The first kappa shape index (κ1) is 17.6. The number of nitro benzene ring substituents is 1. The molecule has 0 unspecified atom stereocenters.